The molecule has 1 aromatic heterocycles. The van der Waals surface area contributed by atoms with Gasteiger partial charge >= 0.3 is 0 Å². The number of rotatable bonds is 6. The first-order valence-electron chi connectivity index (χ1n) is 9.24. The molecule has 2 heterocycles. The summed E-state index contributed by atoms with van der Waals surface area (Å²) in [5, 5.41) is 8.71. The van der Waals surface area contributed by atoms with Crippen LogP contribution in [-0.4, -0.2) is 50.3 Å². The molecule has 1 aromatic carbocycles. The summed E-state index contributed by atoms with van der Waals surface area (Å²) in [6, 6.07) is 11.3. The van der Waals surface area contributed by atoms with Crippen molar-refractivity contribution < 1.29 is 9.13 Å². The molecule has 1 fully saturated rings. The summed E-state index contributed by atoms with van der Waals surface area (Å²) in [5.41, 5.74) is 0.622. The minimum Gasteiger partial charge on any atom is -0.376 e. The van der Waals surface area contributed by atoms with Crippen LogP contribution in [0.3, 0.4) is 0 Å². The van der Waals surface area contributed by atoms with E-state index in [1.165, 1.54) is 10.9 Å². The molecule has 2 aromatic rings. The van der Waals surface area contributed by atoms with Crippen molar-refractivity contribution in [3.05, 3.63) is 58.0 Å². The van der Waals surface area contributed by atoms with Crippen molar-refractivity contribution in [1.82, 2.24) is 15.5 Å². The zero-order valence-corrected chi connectivity index (χ0v) is 16.6. The maximum Gasteiger partial charge on any atom is 0.191 e. The Morgan fingerprint density at radius 1 is 1.33 bits per heavy atom. The molecule has 27 heavy (non-hydrogen) atoms. The third kappa shape index (κ3) is 5.51. The molecule has 0 aliphatic carbocycles. The van der Waals surface area contributed by atoms with E-state index in [2.05, 4.69) is 45.0 Å². The fourth-order valence-electron chi connectivity index (χ4n) is 3.25. The monoisotopic (exact) mass is 390 g/mol. The smallest absolute Gasteiger partial charge is 0.191 e. The SMILES string of the molecule is CN=C(NCc1ccccc1F)NCC(c1cccs1)N1CCOC(C)C1. The minimum absolute atomic E-state index is 0.209. The van der Waals surface area contributed by atoms with E-state index in [-0.39, 0.29) is 18.0 Å². The first-order chi connectivity index (χ1) is 13.2. The highest BCUT2D eigenvalue weighted by Crippen LogP contribution is 2.26. The molecular formula is C20H27FN4OS. The summed E-state index contributed by atoms with van der Waals surface area (Å²) in [5.74, 6) is 0.459. The normalized spacial score (nSPS) is 19.7. The van der Waals surface area contributed by atoms with E-state index >= 15 is 0 Å². The molecule has 1 aliphatic rings. The number of hydrogen-bond donors (Lipinski definition) is 2. The van der Waals surface area contributed by atoms with E-state index in [0.717, 1.165) is 26.2 Å². The van der Waals surface area contributed by atoms with Gasteiger partial charge in [0.15, 0.2) is 5.96 Å². The Bertz CT molecular complexity index is 737. The zero-order valence-electron chi connectivity index (χ0n) is 15.8. The van der Waals surface area contributed by atoms with Crippen LogP contribution in [0.15, 0.2) is 46.8 Å². The number of thiophene rings is 1. The number of hydrogen-bond acceptors (Lipinski definition) is 4. The third-order valence-electron chi connectivity index (χ3n) is 4.68. The predicted molar refractivity (Wildman–Crippen MR) is 109 cm³/mol. The fourth-order valence-corrected chi connectivity index (χ4v) is 4.11. The number of ether oxygens (including phenoxy) is 1. The van der Waals surface area contributed by atoms with Crippen LogP contribution in [0.1, 0.15) is 23.4 Å². The molecule has 0 bridgehead atoms. The molecule has 0 amide bonds. The number of benzene rings is 1. The van der Waals surface area contributed by atoms with Gasteiger partial charge in [-0.1, -0.05) is 24.3 Å². The molecule has 0 saturated carbocycles. The molecular weight excluding hydrogens is 363 g/mol. The van der Waals surface area contributed by atoms with Gasteiger partial charge in [0.2, 0.25) is 0 Å². The third-order valence-corrected chi connectivity index (χ3v) is 5.65. The molecule has 5 nitrogen and oxygen atoms in total. The number of halogens is 1. The second-order valence-electron chi connectivity index (χ2n) is 6.61. The molecule has 0 radical (unpaired) electrons. The van der Waals surface area contributed by atoms with Gasteiger partial charge in [-0.25, -0.2) is 4.39 Å². The van der Waals surface area contributed by atoms with Crippen LogP contribution in [0.25, 0.3) is 0 Å². The maximum absolute atomic E-state index is 13.8. The molecule has 1 aliphatic heterocycles. The number of morpholine rings is 1. The molecule has 2 unspecified atom stereocenters. The Morgan fingerprint density at radius 2 is 2.19 bits per heavy atom. The van der Waals surface area contributed by atoms with Gasteiger partial charge < -0.3 is 15.4 Å². The summed E-state index contributed by atoms with van der Waals surface area (Å²) in [7, 11) is 1.73. The standard InChI is InChI=1S/C20H27FN4OS/c1-15-14-25(9-10-26-15)18(19-8-5-11-27-19)13-24-20(22-2)23-12-16-6-3-4-7-17(16)21/h3-8,11,15,18H,9-10,12-14H2,1-2H3,(H2,22,23,24). The van der Waals surface area contributed by atoms with Crippen molar-refractivity contribution in [3.63, 3.8) is 0 Å². The van der Waals surface area contributed by atoms with Crippen molar-refractivity contribution >= 4 is 17.3 Å². The largest absolute Gasteiger partial charge is 0.376 e. The van der Waals surface area contributed by atoms with Gasteiger partial charge in [-0.3, -0.25) is 9.89 Å². The average Bonchev–Trinajstić information content (AvgIpc) is 3.20. The summed E-state index contributed by atoms with van der Waals surface area (Å²) in [4.78, 5) is 8.05. The Kier molecular flexibility index (Phi) is 7.20. The molecule has 0 spiro atoms. The molecule has 146 valence electrons. The predicted octanol–water partition coefficient (Wildman–Crippen LogP) is 3.01. The van der Waals surface area contributed by atoms with Crippen LogP contribution < -0.4 is 10.6 Å². The highest BCUT2D eigenvalue weighted by atomic mass is 32.1. The average molecular weight is 391 g/mol. The van der Waals surface area contributed by atoms with Crippen molar-refractivity contribution in [2.24, 2.45) is 4.99 Å². The molecule has 2 atom stereocenters. The summed E-state index contributed by atoms with van der Waals surface area (Å²) >= 11 is 1.77. The lowest BCUT2D eigenvalue weighted by atomic mass is 10.1. The lowest BCUT2D eigenvalue weighted by molar-refractivity contribution is -0.0334. The first kappa shape index (κ1) is 19.8. The first-order valence-corrected chi connectivity index (χ1v) is 10.1. The van der Waals surface area contributed by atoms with Gasteiger partial charge in [-0.15, -0.1) is 11.3 Å². The van der Waals surface area contributed by atoms with Crippen LogP contribution in [0, 0.1) is 5.82 Å². The molecule has 7 heteroatoms. The van der Waals surface area contributed by atoms with Gasteiger partial charge in [0.1, 0.15) is 5.82 Å². The second-order valence-corrected chi connectivity index (χ2v) is 7.58. The van der Waals surface area contributed by atoms with Crippen molar-refractivity contribution in [1.29, 1.82) is 0 Å². The second kappa shape index (κ2) is 9.82. The molecule has 1 saturated heterocycles. The lowest BCUT2D eigenvalue weighted by Gasteiger charge is -2.37. The Labute approximate surface area is 164 Å². The number of guanidine groups is 1. The molecule has 2 N–H and O–H groups in total. The van der Waals surface area contributed by atoms with Crippen LogP contribution in [-0.2, 0) is 11.3 Å². The van der Waals surface area contributed by atoms with E-state index in [9.17, 15) is 4.39 Å². The van der Waals surface area contributed by atoms with Crippen molar-refractivity contribution in [2.75, 3.05) is 33.3 Å². The zero-order chi connectivity index (χ0) is 19.1. The van der Waals surface area contributed by atoms with Gasteiger partial charge in [-0.05, 0) is 24.4 Å². The van der Waals surface area contributed by atoms with Crippen LogP contribution in [0.4, 0.5) is 4.39 Å². The Balaban J connectivity index is 1.60. The van der Waals surface area contributed by atoms with E-state index in [0.29, 0.717) is 18.1 Å². The minimum atomic E-state index is -0.209. The number of nitrogens with zero attached hydrogens (tertiary/aromatic N) is 2. The lowest BCUT2D eigenvalue weighted by Crippen LogP contribution is -2.48. The van der Waals surface area contributed by atoms with Gasteiger partial charge in [0.05, 0.1) is 18.8 Å². The number of aliphatic imine (C=N–C) groups is 1. The summed E-state index contributed by atoms with van der Waals surface area (Å²) in [6.45, 7) is 5.80. The van der Waals surface area contributed by atoms with Gasteiger partial charge in [0.25, 0.3) is 0 Å². The van der Waals surface area contributed by atoms with Gasteiger partial charge in [-0.2, -0.15) is 0 Å². The van der Waals surface area contributed by atoms with E-state index in [1.54, 1.807) is 30.5 Å². The maximum atomic E-state index is 13.8. The highest BCUT2D eigenvalue weighted by molar-refractivity contribution is 7.10. The van der Waals surface area contributed by atoms with Crippen LogP contribution in [0.2, 0.25) is 0 Å². The topological polar surface area (TPSA) is 48.9 Å². The Hall–Kier alpha value is -1.96. The van der Waals surface area contributed by atoms with Crippen molar-refractivity contribution in [3.8, 4) is 0 Å². The van der Waals surface area contributed by atoms with Crippen LogP contribution in [0.5, 0.6) is 0 Å². The summed E-state index contributed by atoms with van der Waals surface area (Å²) in [6.07, 6.45) is 0.236. The summed E-state index contributed by atoms with van der Waals surface area (Å²) < 4.78 is 19.5. The van der Waals surface area contributed by atoms with E-state index in [4.69, 9.17) is 4.74 Å². The highest BCUT2D eigenvalue weighted by Gasteiger charge is 2.26. The van der Waals surface area contributed by atoms with Crippen LogP contribution >= 0.6 is 11.3 Å². The van der Waals surface area contributed by atoms with E-state index in [1.807, 2.05) is 6.07 Å². The van der Waals surface area contributed by atoms with Crippen molar-refractivity contribution in [2.45, 2.75) is 25.6 Å². The number of nitrogens with one attached hydrogen (secondary N) is 2. The van der Waals surface area contributed by atoms with E-state index < -0.39 is 0 Å². The fraction of sp³-hybridized carbons (Fsp3) is 0.450. The van der Waals surface area contributed by atoms with Gasteiger partial charge in [0, 0.05) is 43.7 Å². The quantitative estimate of drug-likeness (QED) is 0.588. The Morgan fingerprint density at radius 3 is 2.89 bits per heavy atom. The molecule has 3 rings (SSSR count).